The Morgan fingerprint density at radius 3 is 3.22 bits per heavy atom. The Balaban J connectivity index is 1.99. The van der Waals surface area contributed by atoms with Crippen molar-refractivity contribution in [1.82, 2.24) is 9.88 Å². The minimum atomic E-state index is -0.970. The van der Waals surface area contributed by atoms with Gasteiger partial charge in [-0.2, -0.15) is 0 Å². The number of likely N-dealkylation sites (tertiary alicyclic amines) is 1. The molecule has 2 unspecified atom stereocenters. The number of aliphatic carboxylic acids is 1. The van der Waals surface area contributed by atoms with E-state index < -0.39 is 12.0 Å². The summed E-state index contributed by atoms with van der Waals surface area (Å²) in [5, 5.41) is 11.8. The maximum absolute atomic E-state index is 10.7. The van der Waals surface area contributed by atoms with Gasteiger partial charge in [0.05, 0.1) is 10.7 Å². The molecule has 1 aromatic rings. The van der Waals surface area contributed by atoms with Crippen LogP contribution in [-0.4, -0.2) is 47.1 Å². The van der Waals surface area contributed by atoms with Crippen molar-refractivity contribution in [2.24, 2.45) is 5.73 Å². The number of hydrogen-bond acceptors (Lipinski definition) is 5. The van der Waals surface area contributed by atoms with Crippen molar-refractivity contribution in [3.8, 4) is 0 Å². The van der Waals surface area contributed by atoms with Gasteiger partial charge in [0.2, 0.25) is 0 Å². The zero-order valence-corrected chi connectivity index (χ0v) is 11.3. The van der Waals surface area contributed by atoms with Crippen LogP contribution in [0.25, 0.3) is 0 Å². The van der Waals surface area contributed by atoms with Gasteiger partial charge in [-0.3, -0.25) is 4.79 Å². The first kappa shape index (κ1) is 13.5. The Morgan fingerprint density at radius 2 is 2.56 bits per heavy atom. The molecule has 0 saturated carbocycles. The molecule has 0 aliphatic carbocycles. The molecule has 0 amide bonds. The fourth-order valence-electron chi connectivity index (χ4n) is 2.28. The van der Waals surface area contributed by atoms with Crippen LogP contribution in [0, 0.1) is 0 Å². The lowest BCUT2D eigenvalue weighted by atomic mass is 9.99. The van der Waals surface area contributed by atoms with E-state index in [1.54, 1.807) is 11.3 Å². The summed E-state index contributed by atoms with van der Waals surface area (Å²) >= 11 is 1.63. The van der Waals surface area contributed by atoms with Crippen molar-refractivity contribution < 1.29 is 9.90 Å². The molecule has 0 bridgehead atoms. The number of hydrogen-bond donors (Lipinski definition) is 2. The van der Waals surface area contributed by atoms with E-state index in [-0.39, 0.29) is 0 Å². The van der Waals surface area contributed by atoms with Crippen molar-refractivity contribution in [3.05, 3.63) is 16.1 Å². The summed E-state index contributed by atoms with van der Waals surface area (Å²) < 4.78 is 0. The van der Waals surface area contributed by atoms with E-state index in [9.17, 15) is 4.79 Å². The predicted octanol–water partition coefficient (Wildman–Crippen LogP) is 0.907. The van der Waals surface area contributed by atoms with Gasteiger partial charge in [0.1, 0.15) is 6.04 Å². The highest BCUT2D eigenvalue weighted by Gasteiger charge is 2.22. The molecule has 6 heteroatoms. The Kier molecular flexibility index (Phi) is 4.31. The van der Waals surface area contributed by atoms with E-state index in [0.29, 0.717) is 12.3 Å². The largest absolute Gasteiger partial charge is 0.480 e. The molecule has 1 aromatic heterocycles. The average molecular weight is 269 g/mol. The van der Waals surface area contributed by atoms with Gasteiger partial charge in [-0.25, -0.2) is 4.98 Å². The molecule has 5 nitrogen and oxygen atoms in total. The maximum Gasteiger partial charge on any atom is 0.320 e. The molecule has 2 rings (SSSR count). The summed E-state index contributed by atoms with van der Waals surface area (Å²) in [5.41, 5.74) is 6.32. The maximum atomic E-state index is 10.7. The summed E-state index contributed by atoms with van der Waals surface area (Å²) in [7, 11) is 2.13. The number of carboxylic acid groups (broad SMARTS) is 1. The number of carboxylic acids is 1. The predicted molar refractivity (Wildman–Crippen MR) is 70.9 cm³/mol. The minimum absolute atomic E-state index is 0.314. The lowest BCUT2D eigenvalue weighted by molar-refractivity contribution is -0.138. The summed E-state index contributed by atoms with van der Waals surface area (Å²) in [6.07, 6.45) is 2.68. The first-order valence-corrected chi connectivity index (χ1v) is 7.05. The summed E-state index contributed by atoms with van der Waals surface area (Å²) in [6.45, 7) is 2.19. The number of rotatable bonds is 4. The van der Waals surface area contributed by atoms with Crippen LogP contribution in [0.1, 0.15) is 29.5 Å². The molecule has 18 heavy (non-hydrogen) atoms. The molecule has 3 N–H and O–H groups in total. The zero-order chi connectivity index (χ0) is 13.1. The quantitative estimate of drug-likeness (QED) is 0.849. The molecule has 2 atom stereocenters. The number of carbonyl (C=O) groups is 1. The second-order valence-corrected chi connectivity index (χ2v) is 5.82. The highest BCUT2D eigenvalue weighted by Crippen LogP contribution is 2.28. The summed E-state index contributed by atoms with van der Waals surface area (Å²) in [4.78, 5) is 17.6. The molecule has 1 aliphatic rings. The monoisotopic (exact) mass is 269 g/mol. The van der Waals surface area contributed by atoms with Gasteiger partial charge >= 0.3 is 5.97 Å². The standard InChI is InChI=1S/C12H19N3O2S/c1-15-4-2-3-8(6-15)11-14-9(7-18-11)5-10(13)12(16)17/h7-8,10H,2-6,13H2,1H3,(H,16,17). The Hall–Kier alpha value is -0.980. The smallest absolute Gasteiger partial charge is 0.320 e. The molecule has 0 spiro atoms. The second kappa shape index (κ2) is 5.77. The van der Waals surface area contributed by atoms with E-state index in [1.165, 1.54) is 12.8 Å². The third-order valence-corrected chi connectivity index (χ3v) is 4.35. The fraction of sp³-hybridized carbons (Fsp3) is 0.667. The fourth-order valence-corrected chi connectivity index (χ4v) is 3.25. The molecular formula is C12H19N3O2S. The van der Waals surface area contributed by atoms with Gasteiger partial charge in [-0.05, 0) is 26.4 Å². The Morgan fingerprint density at radius 1 is 1.78 bits per heavy atom. The lowest BCUT2D eigenvalue weighted by Gasteiger charge is -2.28. The number of likely N-dealkylation sites (N-methyl/N-ethyl adjacent to an activating group) is 1. The molecule has 1 aliphatic heterocycles. The van der Waals surface area contributed by atoms with Crippen LogP contribution in [0.3, 0.4) is 0 Å². The number of nitrogens with two attached hydrogens (primary N) is 1. The summed E-state index contributed by atoms with van der Waals surface area (Å²) in [5.74, 6) is -0.481. The van der Waals surface area contributed by atoms with Gasteiger partial charge in [-0.1, -0.05) is 0 Å². The van der Waals surface area contributed by atoms with Crippen LogP contribution in [-0.2, 0) is 11.2 Å². The van der Waals surface area contributed by atoms with E-state index in [4.69, 9.17) is 10.8 Å². The third-order valence-electron chi connectivity index (χ3n) is 3.29. The van der Waals surface area contributed by atoms with Crippen molar-refractivity contribution >= 4 is 17.3 Å². The van der Waals surface area contributed by atoms with E-state index in [1.807, 2.05) is 5.38 Å². The SMILES string of the molecule is CN1CCCC(c2nc(CC(N)C(=O)O)cs2)C1. The molecule has 1 fully saturated rings. The van der Waals surface area contributed by atoms with Gasteiger partial charge in [0.25, 0.3) is 0 Å². The number of piperidine rings is 1. The lowest BCUT2D eigenvalue weighted by Crippen LogP contribution is -2.32. The van der Waals surface area contributed by atoms with Crippen LogP contribution >= 0.6 is 11.3 Å². The number of nitrogens with zero attached hydrogens (tertiary/aromatic N) is 2. The number of aromatic nitrogens is 1. The van der Waals surface area contributed by atoms with E-state index in [2.05, 4.69) is 16.9 Å². The van der Waals surface area contributed by atoms with Crippen LogP contribution in [0.2, 0.25) is 0 Å². The van der Waals surface area contributed by atoms with Gasteiger partial charge in [-0.15, -0.1) is 11.3 Å². The zero-order valence-electron chi connectivity index (χ0n) is 10.5. The van der Waals surface area contributed by atoms with E-state index >= 15 is 0 Å². The van der Waals surface area contributed by atoms with Crippen molar-refractivity contribution in [2.45, 2.75) is 31.2 Å². The van der Waals surface area contributed by atoms with Crippen LogP contribution in [0.4, 0.5) is 0 Å². The van der Waals surface area contributed by atoms with Gasteiger partial charge in [0, 0.05) is 24.3 Å². The molecule has 100 valence electrons. The molecule has 1 saturated heterocycles. The van der Waals surface area contributed by atoms with Gasteiger partial charge < -0.3 is 15.7 Å². The second-order valence-electron chi connectivity index (χ2n) is 4.93. The Bertz CT molecular complexity index is 421. The minimum Gasteiger partial charge on any atom is -0.480 e. The normalized spacial score (nSPS) is 22.9. The van der Waals surface area contributed by atoms with Gasteiger partial charge in [0.15, 0.2) is 0 Å². The highest BCUT2D eigenvalue weighted by atomic mass is 32.1. The van der Waals surface area contributed by atoms with Crippen molar-refractivity contribution in [2.75, 3.05) is 20.1 Å². The van der Waals surface area contributed by atoms with Crippen LogP contribution in [0.5, 0.6) is 0 Å². The van der Waals surface area contributed by atoms with Crippen molar-refractivity contribution in [1.29, 1.82) is 0 Å². The third kappa shape index (κ3) is 3.28. The van der Waals surface area contributed by atoms with Crippen molar-refractivity contribution in [3.63, 3.8) is 0 Å². The van der Waals surface area contributed by atoms with E-state index in [0.717, 1.165) is 23.8 Å². The average Bonchev–Trinajstić information content (AvgIpc) is 2.77. The molecule has 2 heterocycles. The molecular weight excluding hydrogens is 250 g/mol. The Labute approximate surface area is 111 Å². The van der Waals surface area contributed by atoms with Crippen LogP contribution in [0.15, 0.2) is 5.38 Å². The summed E-state index contributed by atoms with van der Waals surface area (Å²) in [6, 6.07) is -0.853. The highest BCUT2D eigenvalue weighted by molar-refractivity contribution is 7.09. The first-order valence-electron chi connectivity index (χ1n) is 6.17. The molecule has 0 radical (unpaired) electrons. The topological polar surface area (TPSA) is 79.5 Å². The van der Waals surface area contributed by atoms with Crippen LogP contribution < -0.4 is 5.73 Å². The number of thiazole rings is 1. The first-order chi connectivity index (χ1) is 8.56. The molecule has 0 aromatic carbocycles.